The average Bonchev–Trinajstić information content (AvgIpc) is 3.43. The third kappa shape index (κ3) is 3.79. The van der Waals surface area contributed by atoms with Gasteiger partial charge in [0, 0.05) is 18.7 Å². The second-order valence-corrected chi connectivity index (χ2v) is 7.79. The van der Waals surface area contributed by atoms with Crippen LogP contribution in [-0.2, 0) is 6.54 Å². The summed E-state index contributed by atoms with van der Waals surface area (Å²) in [6.07, 6.45) is 9.12. The van der Waals surface area contributed by atoms with E-state index in [-0.39, 0.29) is 11.7 Å². The van der Waals surface area contributed by atoms with Crippen molar-refractivity contribution in [2.45, 2.75) is 32.2 Å². The van der Waals surface area contributed by atoms with Crippen molar-refractivity contribution >= 4 is 12.2 Å². The van der Waals surface area contributed by atoms with E-state index in [4.69, 9.17) is 9.72 Å². The number of hydrogen-bond acceptors (Lipinski definition) is 5. The normalized spacial score (nSPS) is 15.8. The molecule has 1 aliphatic heterocycles. The molecule has 0 saturated heterocycles. The highest BCUT2D eigenvalue weighted by atomic mass is 19.1. The Balaban J connectivity index is 1.42. The Kier molecular flexibility index (Phi) is 5.26. The molecule has 162 valence electrons. The van der Waals surface area contributed by atoms with Gasteiger partial charge in [-0.3, -0.25) is 0 Å². The topological polar surface area (TPSA) is 70.7 Å². The van der Waals surface area contributed by atoms with Crippen LogP contribution < -0.4 is 4.74 Å². The lowest BCUT2D eigenvalue weighted by Crippen LogP contribution is -2.18. The van der Waals surface area contributed by atoms with Gasteiger partial charge in [0.2, 0.25) is 5.88 Å². The molecule has 32 heavy (non-hydrogen) atoms. The van der Waals surface area contributed by atoms with Crippen LogP contribution in [0.3, 0.4) is 0 Å². The van der Waals surface area contributed by atoms with Gasteiger partial charge in [-0.1, -0.05) is 18.2 Å². The SMILES string of the molecule is COc1nc(/C=C/c2nc3n(n2)CCCC3c2ccccc2F)ccc1-n1cnc(C)c1. The quantitative estimate of drug-likeness (QED) is 0.469. The zero-order valence-corrected chi connectivity index (χ0v) is 17.9. The maximum atomic E-state index is 14.4. The van der Waals surface area contributed by atoms with E-state index in [1.165, 1.54) is 6.07 Å². The lowest BCUT2D eigenvalue weighted by molar-refractivity contribution is 0.395. The molecule has 1 unspecified atom stereocenters. The minimum Gasteiger partial charge on any atom is -0.479 e. The van der Waals surface area contributed by atoms with Gasteiger partial charge in [0.05, 0.1) is 24.8 Å². The molecule has 1 aromatic carbocycles. The van der Waals surface area contributed by atoms with Crippen molar-refractivity contribution in [1.82, 2.24) is 29.3 Å². The van der Waals surface area contributed by atoms with Crippen LogP contribution in [0.15, 0.2) is 48.9 Å². The second-order valence-electron chi connectivity index (χ2n) is 7.79. The highest BCUT2D eigenvalue weighted by Gasteiger charge is 2.27. The Hall–Kier alpha value is -3.81. The summed E-state index contributed by atoms with van der Waals surface area (Å²) in [5, 5.41) is 4.61. The van der Waals surface area contributed by atoms with Crippen molar-refractivity contribution in [2.24, 2.45) is 0 Å². The van der Waals surface area contributed by atoms with Gasteiger partial charge in [-0.15, -0.1) is 0 Å². The molecule has 1 aliphatic rings. The minimum atomic E-state index is -0.199. The maximum absolute atomic E-state index is 14.4. The summed E-state index contributed by atoms with van der Waals surface area (Å²) in [7, 11) is 1.59. The fourth-order valence-corrected chi connectivity index (χ4v) is 4.09. The summed E-state index contributed by atoms with van der Waals surface area (Å²) in [5.74, 6) is 1.60. The highest BCUT2D eigenvalue weighted by Crippen LogP contribution is 2.33. The zero-order valence-electron chi connectivity index (χ0n) is 17.9. The molecule has 3 aromatic heterocycles. The number of imidazole rings is 1. The summed E-state index contributed by atoms with van der Waals surface area (Å²) in [5.41, 5.74) is 3.13. The predicted molar refractivity (Wildman–Crippen MR) is 119 cm³/mol. The monoisotopic (exact) mass is 430 g/mol. The molecule has 0 bridgehead atoms. The Morgan fingerprint density at radius 1 is 1.12 bits per heavy atom. The Labute approximate surface area is 185 Å². The molecule has 4 aromatic rings. The van der Waals surface area contributed by atoms with E-state index < -0.39 is 0 Å². The van der Waals surface area contributed by atoms with Crippen LogP contribution in [0.4, 0.5) is 4.39 Å². The van der Waals surface area contributed by atoms with E-state index in [2.05, 4.69) is 15.1 Å². The molecule has 0 fully saturated rings. The number of rotatable bonds is 5. The molecule has 0 spiro atoms. The predicted octanol–water partition coefficient (Wildman–Crippen LogP) is 4.41. The number of fused-ring (bicyclic) bond motifs is 1. The van der Waals surface area contributed by atoms with Crippen molar-refractivity contribution in [3.8, 4) is 11.6 Å². The van der Waals surface area contributed by atoms with Gasteiger partial charge < -0.3 is 9.30 Å². The van der Waals surface area contributed by atoms with Crippen LogP contribution in [0.5, 0.6) is 5.88 Å². The van der Waals surface area contributed by atoms with Crippen molar-refractivity contribution in [1.29, 1.82) is 0 Å². The molecule has 0 aliphatic carbocycles. The fourth-order valence-electron chi connectivity index (χ4n) is 4.09. The lowest BCUT2D eigenvalue weighted by Gasteiger charge is -2.22. The lowest BCUT2D eigenvalue weighted by atomic mass is 9.91. The number of pyridine rings is 1. The first-order chi connectivity index (χ1) is 15.6. The van der Waals surface area contributed by atoms with Crippen molar-refractivity contribution in [3.05, 3.63) is 83.3 Å². The summed E-state index contributed by atoms with van der Waals surface area (Å²) >= 11 is 0. The van der Waals surface area contributed by atoms with E-state index in [0.29, 0.717) is 17.3 Å². The third-order valence-corrected chi connectivity index (χ3v) is 5.62. The number of hydrogen-bond donors (Lipinski definition) is 0. The van der Waals surface area contributed by atoms with Gasteiger partial charge in [-0.25, -0.2) is 24.0 Å². The molecular formula is C24H23FN6O. The largest absolute Gasteiger partial charge is 0.479 e. The van der Waals surface area contributed by atoms with Crippen LogP contribution in [0.25, 0.3) is 17.8 Å². The van der Waals surface area contributed by atoms with E-state index in [0.717, 1.165) is 42.3 Å². The Morgan fingerprint density at radius 2 is 2.00 bits per heavy atom. The second kappa shape index (κ2) is 8.37. The molecule has 7 nitrogen and oxygen atoms in total. The first-order valence-corrected chi connectivity index (χ1v) is 10.6. The molecule has 0 N–H and O–H groups in total. The molecule has 5 rings (SSSR count). The van der Waals surface area contributed by atoms with Crippen molar-refractivity contribution < 1.29 is 9.13 Å². The zero-order chi connectivity index (χ0) is 22.1. The van der Waals surface area contributed by atoms with E-state index in [9.17, 15) is 4.39 Å². The molecular weight excluding hydrogens is 407 g/mol. The molecule has 0 amide bonds. The van der Waals surface area contributed by atoms with Crippen LogP contribution in [-0.4, -0.2) is 36.4 Å². The molecule has 8 heteroatoms. The minimum absolute atomic E-state index is 0.0873. The van der Waals surface area contributed by atoms with E-state index in [1.807, 2.05) is 58.8 Å². The molecule has 1 atom stereocenters. The van der Waals surface area contributed by atoms with E-state index >= 15 is 0 Å². The van der Waals surface area contributed by atoms with Crippen LogP contribution in [0.2, 0.25) is 0 Å². The van der Waals surface area contributed by atoms with Gasteiger partial charge in [-0.2, -0.15) is 5.10 Å². The smallest absolute Gasteiger partial charge is 0.238 e. The average molecular weight is 430 g/mol. The van der Waals surface area contributed by atoms with Gasteiger partial charge in [0.25, 0.3) is 0 Å². The maximum Gasteiger partial charge on any atom is 0.238 e. The Morgan fingerprint density at radius 3 is 2.78 bits per heavy atom. The van der Waals surface area contributed by atoms with E-state index in [1.54, 1.807) is 19.5 Å². The number of aryl methyl sites for hydroxylation is 2. The number of ether oxygens (including phenoxy) is 1. The first kappa shape index (κ1) is 20.1. The van der Waals surface area contributed by atoms with Gasteiger partial charge in [-0.05, 0) is 55.7 Å². The standard InChI is InChI=1S/C24H23FN6O/c1-16-14-30(15-26-16)21-11-9-17(27-24(21)32-2)10-12-22-28-23-19(7-5-13-31(23)29-22)18-6-3-4-8-20(18)25/h3-4,6,8-12,14-15,19H,5,7,13H2,1-2H3/b12-10+. The Bertz CT molecular complexity index is 1290. The summed E-state index contributed by atoms with van der Waals surface area (Å²) < 4.78 is 23.6. The molecule has 4 heterocycles. The highest BCUT2D eigenvalue weighted by molar-refractivity contribution is 5.65. The van der Waals surface area contributed by atoms with Crippen LogP contribution >= 0.6 is 0 Å². The fraction of sp³-hybridized carbons (Fsp3) is 0.250. The summed E-state index contributed by atoms with van der Waals surface area (Å²) in [4.78, 5) is 13.5. The number of aromatic nitrogens is 6. The van der Waals surface area contributed by atoms with Crippen LogP contribution in [0, 0.1) is 12.7 Å². The van der Waals surface area contributed by atoms with Crippen molar-refractivity contribution in [2.75, 3.05) is 7.11 Å². The van der Waals surface area contributed by atoms with Crippen molar-refractivity contribution in [3.63, 3.8) is 0 Å². The summed E-state index contributed by atoms with van der Waals surface area (Å²) in [6.45, 7) is 2.72. The number of benzene rings is 1. The summed E-state index contributed by atoms with van der Waals surface area (Å²) in [6, 6.07) is 10.7. The van der Waals surface area contributed by atoms with Gasteiger partial charge >= 0.3 is 0 Å². The molecule has 0 radical (unpaired) electrons. The number of methoxy groups -OCH3 is 1. The number of nitrogens with zero attached hydrogens (tertiary/aromatic N) is 6. The third-order valence-electron chi connectivity index (χ3n) is 5.62. The van der Waals surface area contributed by atoms with Gasteiger partial charge in [0.1, 0.15) is 17.3 Å². The van der Waals surface area contributed by atoms with Gasteiger partial charge in [0.15, 0.2) is 5.82 Å². The van der Waals surface area contributed by atoms with Crippen LogP contribution in [0.1, 0.15) is 47.4 Å². The molecule has 0 saturated carbocycles. The number of halogens is 1. The first-order valence-electron chi connectivity index (χ1n) is 10.6.